The van der Waals surface area contributed by atoms with Gasteiger partial charge in [0.15, 0.2) is 5.58 Å². The highest BCUT2D eigenvalue weighted by Crippen LogP contribution is 2.18. The summed E-state index contributed by atoms with van der Waals surface area (Å²) in [5, 5.41) is 4.76. The molecule has 0 fully saturated rings. The molecule has 1 heterocycles. The minimum absolute atomic E-state index is 0.0427. The van der Waals surface area contributed by atoms with E-state index in [1.807, 2.05) is 25.1 Å². The molecule has 0 radical (unpaired) electrons. The lowest BCUT2D eigenvalue weighted by Gasteiger charge is -2.20. The van der Waals surface area contributed by atoms with Crippen LogP contribution < -0.4 is 0 Å². The first-order chi connectivity index (χ1) is 10.2. The van der Waals surface area contributed by atoms with Gasteiger partial charge in [-0.2, -0.15) is 0 Å². The summed E-state index contributed by atoms with van der Waals surface area (Å²) >= 11 is 0. The molecule has 0 aliphatic rings. The Morgan fingerprint density at radius 2 is 2.10 bits per heavy atom. The van der Waals surface area contributed by atoms with Gasteiger partial charge in [-0.15, -0.1) is 0 Å². The van der Waals surface area contributed by atoms with Gasteiger partial charge in [0, 0.05) is 11.9 Å². The summed E-state index contributed by atoms with van der Waals surface area (Å²) in [5.41, 5.74) is 1.23. The number of ether oxygens (including phenoxy) is 1. The molecule has 112 valence electrons. The normalized spacial score (nSPS) is 10.6. The molecular formula is C15H18N2O4. The summed E-state index contributed by atoms with van der Waals surface area (Å²) in [4.78, 5) is 25.2. The van der Waals surface area contributed by atoms with Crippen LogP contribution in [0.2, 0.25) is 0 Å². The number of nitrogens with zero attached hydrogens (tertiary/aromatic N) is 2. The number of hydrogen-bond donors (Lipinski definition) is 0. The SMILES string of the molecule is CCCN(CC(=O)OC)C(=O)Cc1noc2ccccc12. The highest BCUT2D eigenvalue weighted by atomic mass is 16.5. The number of carbonyl (C=O) groups excluding carboxylic acids is 2. The average Bonchev–Trinajstić information content (AvgIpc) is 2.90. The van der Waals surface area contributed by atoms with Crippen molar-refractivity contribution in [2.75, 3.05) is 20.2 Å². The molecule has 6 nitrogen and oxygen atoms in total. The molecular weight excluding hydrogens is 272 g/mol. The van der Waals surface area contributed by atoms with E-state index in [0.29, 0.717) is 17.8 Å². The number of carbonyl (C=O) groups is 2. The summed E-state index contributed by atoms with van der Waals surface area (Å²) in [7, 11) is 1.31. The number of amides is 1. The third-order valence-corrected chi connectivity index (χ3v) is 3.16. The van der Waals surface area contributed by atoms with E-state index in [1.165, 1.54) is 12.0 Å². The van der Waals surface area contributed by atoms with E-state index >= 15 is 0 Å². The Bertz CT molecular complexity index is 635. The van der Waals surface area contributed by atoms with E-state index in [2.05, 4.69) is 9.89 Å². The Kier molecular flexibility index (Phi) is 4.92. The third kappa shape index (κ3) is 3.59. The quantitative estimate of drug-likeness (QED) is 0.758. The Morgan fingerprint density at radius 3 is 2.81 bits per heavy atom. The van der Waals surface area contributed by atoms with E-state index in [4.69, 9.17) is 4.52 Å². The molecule has 21 heavy (non-hydrogen) atoms. The second-order valence-electron chi connectivity index (χ2n) is 4.69. The molecule has 0 unspecified atom stereocenters. The number of fused-ring (bicyclic) bond motifs is 1. The summed E-state index contributed by atoms with van der Waals surface area (Å²) < 4.78 is 9.80. The first kappa shape index (κ1) is 15.0. The average molecular weight is 290 g/mol. The van der Waals surface area contributed by atoms with Crippen LogP contribution in [0.1, 0.15) is 19.0 Å². The molecule has 0 N–H and O–H groups in total. The first-order valence-corrected chi connectivity index (χ1v) is 6.83. The fourth-order valence-corrected chi connectivity index (χ4v) is 2.10. The Labute approximate surface area is 122 Å². The van der Waals surface area contributed by atoms with Gasteiger partial charge in [0.1, 0.15) is 12.2 Å². The second-order valence-corrected chi connectivity index (χ2v) is 4.69. The predicted octanol–water partition coefficient (Wildman–Crippen LogP) is 1.78. The van der Waals surface area contributed by atoms with Crippen LogP contribution in [-0.4, -0.2) is 42.1 Å². The fourth-order valence-electron chi connectivity index (χ4n) is 2.10. The van der Waals surface area contributed by atoms with Crippen molar-refractivity contribution in [3.8, 4) is 0 Å². The third-order valence-electron chi connectivity index (χ3n) is 3.16. The van der Waals surface area contributed by atoms with Crippen LogP contribution in [0.25, 0.3) is 11.0 Å². The lowest BCUT2D eigenvalue weighted by Crippen LogP contribution is -2.37. The number of methoxy groups -OCH3 is 1. The molecule has 0 spiro atoms. The van der Waals surface area contributed by atoms with E-state index in [-0.39, 0.29) is 18.9 Å². The standard InChI is InChI=1S/C15H18N2O4/c1-3-8-17(10-15(19)20-2)14(18)9-12-11-6-4-5-7-13(11)21-16-12/h4-7H,3,8-10H2,1-2H3. The molecule has 2 aromatic rings. The Balaban J connectivity index is 2.12. The highest BCUT2D eigenvalue weighted by Gasteiger charge is 2.19. The van der Waals surface area contributed by atoms with Crippen molar-refractivity contribution in [1.29, 1.82) is 0 Å². The molecule has 0 aliphatic carbocycles. The van der Waals surface area contributed by atoms with Crippen LogP contribution in [0.15, 0.2) is 28.8 Å². The molecule has 2 rings (SSSR count). The van der Waals surface area contributed by atoms with Gasteiger partial charge in [0.2, 0.25) is 5.91 Å². The second kappa shape index (κ2) is 6.88. The van der Waals surface area contributed by atoms with Crippen molar-refractivity contribution in [1.82, 2.24) is 10.1 Å². The molecule has 0 saturated carbocycles. The number of para-hydroxylation sites is 1. The van der Waals surface area contributed by atoms with Crippen molar-refractivity contribution in [3.63, 3.8) is 0 Å². The van der Waals surface area contributed by atoms with Crippen LogP contribution in [0, 0.1) is 0 Å². The molecule has 0 saturated heterocycles. The molecule has 0 atom stereocenters. The summed E-state index contributed by atoms with van der Waals surface area (Å²) in [6.07, 6.45) is 0.871. The number of rotatable bonds is 6. The van der Waals surface area contributed by atoms with Crippen molar-refractivity contribution in [3.05, 3.63) is 30.0 Å². The summed E-state index contributed by atoms with van der Waals surface area (Å²) in [5.74, 6) is -0.594. The maximum absolute atomic E-state index is 12.3. The van der Waals surface area contributed by atoms with Gasteiger partial charge >= 0.3 is 5.97 Å². The zero-order chi connectivity index (χ0) is 15.2. The first-order valence-electron chi connectivity index (χ1n) is 6.83. The molecule has 6 heteroatoms. The van der Waals surface area contributed by atoms with Crippen molar-refractivity contribution in [2.45, 2.75) is 19.8 Å². The van der Waals surface area contributed by atoms with E-state index in [9.17, 15) is 9.59 Å². The minimum atomic E-state index is -0.429. The van der Waals surface area contributed by atoms with Crippen LogP contribution in [0.4, 0.5) is 0 Å². The van der Waals surface area contributed by atoms with E-state index < -0.39 is 5.97 Å². The molecule has 1 aromatic carbocycles. The zero-order valence-electron chi connectivity index (χ0n) is 12.2. The van der Waals surface area contributed by atoms with E-state index in [1.54, 1.807) is 6.07 Å². The minimum Gasteiger partial charge on any atom is -0.468 e. The molecule has 1 aromatic heterocycles. The van der Waals surface area contributed by atoms with Gasteiger partial charge in [0.05, 0.1) is 13.5 Å². The number of esters is 1. The number of aromatic nitrogens is 1. The topological polar surface area (TPSA) is 72.6 Å². The maximum atomic E-state index is 12.3. The highest BCUT2D eigenvalue weighted by molar-refractivity contribution is 5.88. The van der Waals surface area contributed by atoms with Gasteiger partial charge < -0.3 is 14.2 Å². The van der Waals surface area contributed by atoms with Gasteiger partial charge in [-0.3, -0.25) is 9.59 Å². The molecule has 0 aliphatic heterocycles. The monoisotopic (exact) mass is 290 g/mol. The van der Waals surface area contributed by atoms with Crippen LogP contribution in [-0.2, 0) is 20.7 Å². The summed E-state index contributed by atoms with van der Waals surface area (Å²) in [6, 6.07) is 7.37. The van der Waals surface area contributed by atoms with Gasteiger partial charge in [-0.25, -0.2) is 0 Å². The Morgan fingerprint density at radius 1 is 1.33 bits per heavy atom. The van der Waals surface area contributed by atoms with Crippen molar-refractivity contribution in [2.24, 2.45) is 0 Å². The zero-order valence-corrected chi connectivity index (χ0v) is 12.2. The van der Waals surface area contributed by atoms with Crippen molar-refractivity contribution < 1.29 is 18.8 Å². The van der Waals surface area contributed by atoms with Crippen LogP contribution in [0.3, 0.4) is 0 Å². The van der Waals surface area contributed by atoms with Gasteiger partial charge in [-0.1, -0.05) is 24.2 Å². The van der Waals surface area contributed by atoms with Crippen LogP contribution in [0.5, 0.6) is 0 Å². The predicted molar refractivity (Wildman–Crippen MR) is 76.6 cm³/mol. The van der Waals surface area contributed by atoms with E-state index in [0.717, 1.165) is 11.8 Å². The van der Waals surface area contributed by atoms with Crippen molar-refractivity contribution >= 4 is 22.8 Å². The smallest absolute Gasteiger partial charge is 0.325 e. The Hall–Kier alpha value is -2.37. The lowest BCUT2D eigenvalue weighted by molar-refractivity contribution is -0.146. The maximum Gasteiger partial charge on any atom is 0.325 e. The van der Waals surface area contributed by atoms with Crippen LogP contribution >= 0.6 is 0 Å². The van der Waals surface area contributed by atoms with Gasteiger partial charge in [-0.05, 0) is 18.6 Å². The largest absolute Gasteiger partial charge is 0.468 e. The molecule has 0 bridgehead atoms. The lowest BCUT2D eigenvalue weighted by atomic mass is 10.1. The summed E-state index contributed by atoms with van der Waals surface area (Å²) in [6.45, 7) is 2.41. The number of hydrogen-bond acceptors (Lipinski definition) is 5. The number of benzene rings is 1. The molecule has 1 amide bonds. The fraction of sp³-hybridized carbons (Fsp3) is 0.400. The van der Waals surface area contributed by atoms with Gasteiger partial charge in [0.25, 0.3) is 0 Å².